The number of hydrogen-bond donors (Lipinski definition) is 0. The fourth-order valence-corrected chi connectivity index (χ4v) is 3.81. The first kappa shape index (κ1) is 15.5. The molecule has 1 saturated heterocycles. The molecule has 2 rings (SSSR count). The lowest BCUT2D eigenvalue weighted by molar-refractivity contribution is -0.151. The summed E-state index contributed by atoms with van der Waals surface area (Å²) in [5.74, 6) is -2.60. The van der Waals surface area contributed by atoms with E-state index in [1.54, 1.807) is 37.3 Å². The lowest BCUT2D eigenvalue weighted by Gasteiger charge is -2.16. The number of sulfonamides is 1. The second-order valence-electron chi connectivity index (χ2n) is 4.75. The molecule has 0 N–H and O–H groups in total. The van der Waals surface area contributed by atoms with Crippen LogP contribution in [0.4, 0.5) is 0 Å². The van der Waals surface area contributed by atoms with Gasteiger partial charge in [0.15, 0.2) is 0 Å². The standard InChI is InChI=1S/C14H17NO5S/c1-2-20-14(17)12-8-9-15(13(12)16)21(18,19)10-11-6-4-3-5-7-11/h3-7,12H,2,8-10H2,1H3/t12-/m0/s1. The Morgan fingerprint density at radius 3 is 2.62 bits per heavy atom. The zero-order valence-electron chi connectivity index (χ0n) is 11.7. The molecule has 0 radical (unpaired) electrons. The monoisotopic (exact) mass is 311 g/mol. The third-order valence-electron chi connectivity index (χ3n) is 3.26. The van der Waals surface area contributed by atoms with Crippen molar-refractivity contribution in [3.63, 3.8) is 0 Å². The molecule has 1 aromatic carbocycles. The van der Waals surface area contributed by atoms with Crippen LogP contribution in [0.2, 0.25) is 0 Å². The molecule has 7 heteroatoms. The van der Waals surface area contributed by atoms with E-state index in [0.29, 0.717) is 5.56 Å². The Bertz CT molecular complexity index is 626. The minimum absolute atomic E-state index is 0.0253. The Labute approximate surface area is 123 Å². The predicted octanol–water partition coefficient (Wildman–Crippen LogP) is 0.928. The van der Waals surface area contributed by atoms with Gasteiger partial charge in [0.25, 0.3) is 0 Å². The van der Waals surface area contributed by atoms with Crippen molar-refractivity contribution in [2.45, 2.75) is 19.1 Å². The van der Waals surface area contributed by atoms with Crippen LogP contribution in [0.5, 0.6) is 0 Å². The van der Waals surface area contributed by atoms with Gasteiger partial charge in [-0.1, -0.05) is 30.3 Å². The van der Waals surface area contributed by atoms with Gasteiger partial charge in [0.1, 0.15) is 5.92 Å². The summed E-state index contributed by atoms with van der Waals surface area (Å²) in [6, 6.07) is 8.62. The molecule has 0 spiro atoms. The summed E-state index contributed by atoms with van der Waals surface area (Å²) < 4.78 is 30.2. The van der Waals surface area contributed by atoms with Crippen LogP contribution < -0.4 is 0 Å². The lowest BCUT2D eigenvalue weighted by Crippen LogP contribution is -2.36. The van der Waals surface area contributed by atoms with E-state index >= 15 is 0 Å². The van der Waals surface area contributed by atoms with Gasteiger partial charge in [0, 0.05) is 6.54 Å². The van der Waals surface area contributed by atoms with Gasteiger partial charge in [-0.05, 0) is 18.9 Å². The molecule has 0 saturated carbocycles. The van der Waals surface area contributed by atoms with Gasteiger partial charge in [-0.3, -0.25) is 9.59 Å². The molecule has 1 heterocycles. The maximum atomic E-state index is 12.3. The fraction of sp³-hybridized carbons (Fsp3) is 0.429. The highest BCUT2D eigenvalue weighted by Gasteiger charge is 2.43. The van der Waals surface area contributed by atoms with Gasteiger partial charge in [-0.15, -0.1) is 0 Å². The molecule has 0 unspecified atom stereocenters. The highest BCUT2D eigenvalue weighted by atomic mass is 32.2. The first-order valence-electron chi connectivity index (χ1n) is 6.70. The van der Waals surface area contributed by atoms with Crippen LogP contribution in [0.25, 0.3) is 0 Å². The summed E-state index contributed by atoms with van der Waals surface area (Å²) in [4.78, 5) is 23.7. The van der Waals surface area contributed by atoms with Gasteiger partial charge in [0.2, 0.25) is 15.9 Å². The van der Waals surface area contributed by atoms with Gasteiger partial charge in [-0.25, -0.2) is 12.7 Å². The van der Waals surface area contributed by atoms with Crippen molar-refractivity contribution < 1.29 is 22.7 Å². The van der Waals surface area contributed by atoms with Crippen molar-refractivity contribution in [1.29, 1.82) is 0 Å². The molecular weight excluding hydrogens is 294 g/mol. The lowest BCUT2D eigenvalue weighted by atomic mass is 10.1. The van der Waals surface area contributed by atoms with Crippen LogP contribution in [0.3, 0.4) is 0 Å². The first-order valence-corrected chi connectivity index (χ1v) is 8.31. The average Bonchev–Trinajstić information content (AvgIpc) is 2.82. The number of amides is 1. The SMILES string of the molecule is CCOC(=O)[C@H]1CCN(S(=O)(=O)Cc2ccccc2)C1=O. The van der Waals surface area contributed by atoms with E-state index < -0.39 is 27.8 Å². The predicted molar refractivity (Wildman–Crippen MR) is 75.5 cm³/mol. The number of ether oxygens (including phenoxy) is 1. The van der Waals surface area contributed by atoms with Gasteiger partial charge in [0.05, 0.1) is 12.4 Å². The Hall–Kier alpha value is -1.89. The van der Waals surface area contributed by atoms with Gasteiger partial charge in [-0.2, -0.15) is 0 Å². The first-order chi connectivity index (χ1) is 9.95. The summed E-state index contributed by atoms with van der Waals surface area (Å²) in [5.41, 5.74) is 0.602. The van der Waals surface area contributed by atoms with Crippen molar-refractivity contribution in [2.75, 3.05) is 13.2 Å². The molecule has 1 fully saturated rings. The molecule has 0 aromatic heterocycles. The second kappa shape index (κ2) is 6.26. The van der Waals surface area contributed by atoms with E-state index in [1.165, 1.54) is 0 Å². The molecule has 21 heavy (non-hydrogen) atoms. The molecule has 1 amide bonds. The highest BCUT2D eigenvalue weighted by Crippen LogP contribution is 2.24. The number of nitrogens with zero attached hydrogens (tertiary/aromatic N) is 1. The zero-order valence-corrected chi connectivity index (χ0v) is 12.5. The van der Waals surface area contributed by atoms with Crippen LogP contribution in [0.15, 0.2) is 30.3 Å². The van der Waals surface area contributed by atoms with Crippen molar-refractivity contribution in [2.24, 2.45) is 5.92 Å². The van der Waals surface area contributed by atoms with E-state index in [-0.39, 0.29) is 25.3 Å². The normalized spacial score (nSPS) is 18.8. The third kappa shape index (κ3) is 3.41. The topological polar surface area (TPSA) is 80.8 Å². The second-order valence-corrected chi connectivity index (χ2v) is 6.64. The van der Waals surface area contributed by atoms with Crippen molar-refractivity contribution >= 4 is 21.9 Å². The molecule has 1 aromatic rings. The number of carbonyl (C=O) groups is 2. The number of hydrogen-bond acceptors (Lipinski definition) is 5. The molecule has 1 aliphatic rings. The Morgan fingerprint density at radius 2 is 2.00 bits per heavy atom. The minimum atomic E-state index is -3.77. The minimum Gasteiger partial charge on any atom is -0.465 e. The van der Waals surface area contributed by atoms with Crippen LogP contribution in [0, 0.1) is 5.92 Å². The van der Waals surface area contributed by atoms with Crippen molar-refractivity contribution in [3.05, 3.63) is 35.9 Å². The number of esters is 1. The smallest absolute Gasteiger partial charge is 0.318 e. The Morgan fingerprint density at radius 1 is 1.33 bits per heavy atom. The highest BCUT2D eigenvalue weighted by molar-refractivity contribution is 7.88. The number of benzene rings is 1. The van der Waals surface area contributed by atoms with Crippen LogP contribution in [-0.2, 0) is 30.1 Å². The van der Waals surface area contributed by atoms with Crippen molar-refractivity contribution in [1.82, 2.24) is 4.31 Å². The quantitative estimate of drug-likeness (QED) is 0.597. The molecule has 0 aliphatic carbocycles. The molecular formula is C14H17NO5S. The average molecular weight is 311 g/mol. The molecule has 0 bridgehead atoms. The van der Waals surface area contributed by atoms with Gasteiger partial charge >= 0.3 is 5.97 Å². The van der Waals surface area contributed by atoms with E-state index in [4.69, 9.17) is 4.74 Å². The number of rotatable bonds is 5. The molecule has 114 valence electrons. The Balaban J connectivity index is 2.12. The fourth-order valence-electron chi connectivity index (χ4n) is 2.25. The zero-order chi connectivity index (χ0) is 15.5. The van der Waals surface area contributed by atoms with E-state index in [9.17, 15) is 18.0 Å². The van der Waals surface area contributed by atoms with E-state index in [2.05, 4.69) is 0 Å². The van der Waals surface area contributed by atoms with Crippen LogP contribution in [-0.4, -0.2) is 37.8 Å². The molecule has 6 nitrogen and oxygen atoms in total. The van der Waals surface area contributed by atoms with Crippen LogP contribution in [0.1, 0.15) is 18.9 Å². The maximum Gasteiger partial charge on any atom is 0.318 e. The summed E-state index contributed by atoms with van der Waals surface area (Å²) in [6.07, 6.45) is 0.172. The maximum absolute atomic E-state index is 12.3. The number of carbonyl (C=O) groups excluding carboxylic acids is 2. The van der Waals surface area contributed by atoms with Gasteiger partial charge < -0.3 is 4.74 Å². The third-order valence-corrected chi connectivity index (χ3v) is 5.00. The summed E-state index contributed by atoms with van der Waals surface area (Å²) in [5, 5.41) is 0. The summed E-state index contributed by atoms with van der Waals surface area (Å²) in [7, 11) is -3.77. The summed E-state index contributed by atoms with van der Waals surface area (Å²) in [6.45, 7) is 1.83. The van der Waals surface area contributed by atoms with E-state index in [1.807, 2.05) is 0 Å². The van der Waals surface area contributed by atoms with Crippen LogP contribution >= 0.6 is 0 Å². The summed E-state index contributed by atoms with van der Waals surface area (Å²) >= 11 is 0. The van der Waals surface area contributed by atoms with E-state index in [0.717, 1.165) is 4.31 Å². The molecule has 1 atom stereocenters. The largest absolute Gasteiger partial charge is 0.465 e. The van der Waals surface area contributed by atoms with Crippen molar-refractivity contribution in [3.8, 4) is 0 Å². The Kier molecular flexibility index (Phi) is 4.62. The molecule has 1 aliphatic heterocycles.